The van der Waals surface area contributed by atoms with E-state index in [1.54, 1.807) is 12.4 Å². The normalized spacial score (nSPS) is 18.4. The van der Waals surface area contributed by atoms with Crippen LogP contribution in [0.1, 0.15) is 0 Å². The summed E-state index contributed by atoms with van der Waals surface area (Å²) in [4.78, 5) is 6.25. The fourth-order valence-electron chi connectivity index (χ4n) is 1.85. The number of anilines is 1. The predicted molar refractivity (Wildman–Crippen MR) is 70.6 cm³/mol. The molecule has 17 heavy (non-hydrogen) atoms. The molecule has 0 unspecified atom stereocenters. The summed E-state index contributed by atoms with van der Waals surface area (Å²) < 4.78 is 25.2. The average Bonchev–Trinajstić information content (AvgIpc) is 2.28. The number of hydrogen-bond acceptors (Lipinski definition) is 4. The maximum absolute atomic E-state index is 11.4. The highest BCUT2D eigenvalue weighted by Gasteiger charge is 2.23. The van der Waals surface area contributed by atoms with Crippen LogP contribution >= 0.6 is 15.9 Å². The summed E-state index contributed by atoms with van der Waals surface area (Å²) in [6.07, 6.45) is 4.78. The van der Waals surface area contributed by atoms with Crippen molar-refractivity contribution in [2.75, 3.05) is 37.3 Å². The molecular formula is C10H14BrN3O2S. The number of hydrogen-bond donors (Lipinski definition) is 0. The van der Waals surface area contributed by atoms with E-state index in [1.807, 2.05) is 6.07 Å². The fourth-order valence-corrected chi connectivity index (χ4v) is 3.03. The molecule has 0 spiro atoms. The van der Waals surface area contributed by atoms with Gasteiger partial charge in [-0.2, -0.15) is 4.31 Å². The van der Waals surface area contributed by atoms with Crippen molar-refractivity contribution in [1.82, 2.24) is 9.29 Å². The van der Waals surface area contributed by atoms with Gasteiger partial charge in [-0.05, 0) is 22.0 Å². The zero-order valence-corrected chi connectivity index (χ0v) is 11.9. The van der Waals surface area contributed by atoms with Crippen LogP contribution in [0.25, 0.3) is 0 Å². The van der Waals surface area contributed by atoms with E-state index in [2.05, 4.69) is 25.8 Å². The Balaban J connectivity index is 2.05. The molecule has 0 aromatic carbocycles. The first kappa shape index (κ1) is 12.8. The third-order valence-corrected chi connectivity index (χ3v) is 4.50. The molecule has 2 rings (SSSR count). The Kier molecular flexibility index (Phi) is 3.70. The number of piperazine rings is 1. The zero-order chi connectivity index (χ0) is 12.5. The smallest absolute Gasteiger partial charge is 0.211 e. The van der Waals surface area contributed by atoms with Crippen LogP contribution in [-0.2, 0) is 10.0 Å². The van der Waals surface area contributed by atoms with Crippen LogP contribution in [0.4, 0.5) is 5.69 Å². The van der Waals surface area contributed by atoms with Gasteiger partial charge in [0.2, 0.25) is 10.0 Å². The third-order valence-electron chi connectivity index (χ3n) is 2.76. The van der Waals surface area contributed by atoms with Crippen molar-refractivity contribution in [2.24, 2.45) is 0 Å². The van der Waals surface area contributed by atoms with E-state index >= 15 is 0 Å². The number of halogens is 1. The molecule has 0 atom stereocenters. The lowest BCUT2D eigenvalue weighted by Crippen LogP contribution is -2.48. The minimum atomic E-state index is -3.06. The Bertz CT molecular complexity index is 498. The van der Waals surface area contributed by atoms with Gasteiger partial charge in [-0.25, -0.2) is 8.42 Å². The number of sulfonamides is 1. The molecule has 5 nitrogen and oxygen atoms in total. The van der Waals surface area contributed by atoms with Crippen LogP contribution in [0, 0.1) is 0 Å². The molecule has 0 aliphatic carbocycles. The Hall–Kier alpha value is -0.660. The van der Waals surface area contributed by atoms with E-state index < -0.39 is 10.0 Å². The number of aromatic nitrogens is 1. The van der Waals surface area contributed by atoms with Gasteiger partial charge in [0.1, 0.15) is 0 Å². The molecular weight excluding hydrogens is 306 g/mol. The lowest BCUT2D eigenvalue weighted by Gasteiger charge is -2.34. The lowest BCUT2D eigenvalue weighted by molar-refractivity contribution is 0.388. The molecule has 1 aromatic heterocycles. The molecule has 7 heteroatoms. The summed E-state index contributed by atoms with van der Waals surface area (Å²) in [7, 11) is -3.06. The van der Waals surface area contributed by atoms with Crippen molar-refractivity contribution < 1.29 is 8.42 Å². The van der Waals surface area contributed by atoms with Crippen molar-refractivity contribution in [3.63, 3.8) is 0 Å². The van der Waals surface area contributed by atoms with E-state index in [1.165, 1.54) is 10.6 Å². The minimum absolute atomic E-state index is 0.533. The summed E-state index contributed by atoms with van der Waals surface area (Å²) in [5, 5.41) is 0. The topological polar surface area (TPSA) is 53.5 Å². The van der Waals surface area contributed by atoms with Crippen molar-refractivity contribution >= 4 is 31.6 Å². The van der Waals surface area contributed by atoms with E-state index in [0.29, 0.717) is 26.2 Å². The summed E-state index contributed by atoms with van der Waals surface area (Å²) in [6, 6.07) is 1.99. The predicted octanol–water partition coefficient (Wildman–Crippen LogP) is 0.926. The van der Waals surface area contributed by atoms with Gasteiger partial charge in [0.25, 0.3) is 0 Å². The fraction of sp³-hybridized carbons (Fsp3) is 0.500. The van der Waals surface area contributed by atoms with Crippen molar-refractivity contribution in [1.29, 1.82) is 0 Å². The SMILES string of the molecule is CS(=O)(=O)N1CCN(c2cncc(Br)c2)CC1. The molecule has 1 saturated heterocycles. The summed E-state index contributed by atoms with van der Waals surface area (Å²) in [6.45, 7) is 2.47. The first-order valence-electron chi connectivity index (χ1n) is 5.27. The summed E-state index contributed by atoms with van der Waals surface area (Å²) in [5.41, 5.74) is 1.02. The highest BCUT2D eigenvalue weighted by atomic mass is 79.9. The van der Waals surface area contributed by atoms with Gasteiger partial charge in [0.05, 0.1) is 18.1 Å². The second kappa shape index (κ2) is 4.91. The Morgan fingerprint density at radius 2 is 1.88 bits per heavy atom. The maximum atomic E-state index is 11.4. The summed E-state index contributed by atoms with van der Waals surface area (Å²) in [5.74, 6) is 0. The minimum Gasteiger partial charge on any atom is -0.368 e. The standard InChI is InChI=1S/C10H14BrN3O2S/c1-17(15,16)14-4-2-13(3-5-14)10-6-9(11)7-12-8-10/h6-8H,2-5H2,1H3. The van der Waals surface area contributed by atoms with Crippen LogP contribution in [0.5, 0.6) is 0 Å². The van der Waals surface area contributed by atoms with Crippen LogP contribution < -0.4 is 4.90 Å². The highest BCUT2D eigenvalue weighted by Crippen LogP contribution is 2.20. The van der Waals surface area contributed by atoms with Gasteiger partial charge < -0.3 is 4.90 Å². The summed E-state index contributed by atoms with van der Waals surface area (Å²) >= 11 is 3.38. The largest absolute Gasteiger partial charge is 0.368 e. The Labute approximate surface area is 110 Å². The van der Waals surface area contributed by atoms with Crippen molar-refractivity contribution in [3.05, 3.63) is 22.9 Å². The van der Waals surface area contributed by atoms with Crippen LogP contribution in [-0.4, -0.2) is 50.1 Å². The molecule has 0 radical (unpaired) electrons. The zero-order valence-electron chi connectivity index (χ0n) is 9.50. The molecule has 1 fully saturated rings. The second-order valence-electron chi connectivity index (χ2n) is 4.01. The lowest BCUT2D eigenvalue weighted by atomic mass is 10.3. The van der Waals surface area contributed by atoms with Crippen LogP contribution in [0.15, 0.2) is 22.9 Å². The number of rotatable bonds is 2. The number of nitrogens with zero attached hydrogens (tertiary/aromatic N) is 3. The van der Waals surface area contributed by atoms with Crippen LogP contribution in [0.3, 0.4) is 0 Å². The molecule has 0 N–H and O–H groups in total. The Morgan fingerprint density at radius 3 is 2.41 bits per heavy atom. The molecule has 0 amide bonds. The van der Waals surface area contributed by atoms with Gasteiger partial charge in [-0.1, -0.05) is 0 Å². The van der Waals surface area contributed by atoms with Gasteiger partial charge in [-0.15, -0.1) is 0 Å². The van der Waals surface area contributed by atoms with Crippen LogP contribution in [0.2, 0.25) is 0 Å². The second-order valence-corrected chi connectivity index (χ2v) is 6.91. The average molecular weight is 320 g/mol. The molecule has 0 bridgehead atoms. The maximum Gasteiger partial charge on any atom is 0.211 e. The highest BCUT2D eigenvalue weighted by molar-refractivity contribution is 9.10. The van der Waals surface area contributed by atoms with Gasteiger partial charge in [-0.3, -0.25) is 4.98 Å². The van der Waals surface area contributed by atoms with Crippen molar-refractivity contribution in [3.8, 4) is 0 Å². The first-order chi connectivity index (χ1) is 7.97. The van der Waals surface area contributed by atoms with E-state index in [0.717, 1.165) is 10.2 Å². The molecule has 1 aliphatic rings. The van der Waals surface area contributed by atoms with E-state index in [9.17, 15) is 8.42 Å². The first-order valence-corrected chi connectivity index (χ1v) is 7.91. The van der Waals surface area contributed by atoms with E-state index in [4.69, 9.17) is 0 Å². The molecule has 1 aromatic rings. The van der Waals surface area contributed by atoms with Crippen molar-refractivity contribution in [2.45, 2.75) is 0 Å². The van der Waals surface area contributed by atoms with E-state index in [-0.39, 0.29) is 0 Å². The van der Waals surface area contributed by atoms with Gasteiger partial charge in [0, 0.05) is 36.8 Å². The molecule has 0 saturated carbocycles. The van der Waals surface area contributed by atoms with Gasteiger partial charge >= 0.3 is 0 Å². The monoisotopic (exact) mass is 319 g/mol. The molecule has 2 heterocycles. The third kappa shape index (κ3) is 3.17. The Morgan fingerprint density at radius 1 is 1.24 bits per heavy atom. The molecule has 94 valence electrons. The molecule has 1 aliphatic heterocycles. The number of pyridine rings is 1. The van der Waals surface area contributed by atoms with Gasteiger partial charge in [0.15, 0.2) is 0 Å². The quantitative estimate of drug-likeness (QED) is 0.813.